The van der Waals surface area contributed by atoms with Gasteiger partial charge >= 0.3 is 0 Å². The van der Waals surface area contributed by atoms with Crippen molar-refractivity contribution in [2.45, 2.75) is 74.4 Å². The second kappa shape index (κ2) is 24.0. The Kier molecular flexibility index (Phi) is 18.3. The van der Waals surface area contributed by atoms with Crippen LogP contribution in [0.1, 0.15) is 19.5 Å². The van der Waals surface area contributed by atoms with E-state index >= 15 is 0 Å². The first-order valence-corrected chi connectivity index (χ1v) is 23.3. The highest BCUT2D eigenvalue weighted by atomic mass is 32.2. The van der Waals surface area contributed by atoms with Crippen molar-refractivity contribution in [3.05, 3.63) is 96.8 Å². The number of carbonyl (C=O) groups is 1. The molecule has 1 aliphatic rings. The number of amides is 1. The molecule has 0 spiro atoms. The van der Waals surface area contributed by atoms with Gasteiger partial charge in [0.15, 0.2) is 12.6 Å². The van der Waals surface area contributed by atoms with Crippen molar-refractivity contribution in [3.63, 3.8) is 0 Å². The Labute approximate surface area is 394 Å². The standard InChI is InChI=1S/C45H60N10O12S/c1-29(57)49-40-42(59)41(58)38(27-56)66-43(40)67-44(45(2,60)28-46-19-20-47-37-9-5-8-36-35(37)7-6-10-39(36)68(61,62)63)65-24-23-64-22-21-55-26-33(52-53-55)25-48-30-11-13-31(14-12-30)50-51-32-15-17-34(18-16-32)54(3)4/h5-18,26,38,40-44,46-48,56,58-60H,19-25,27-28H2,1-4H3,(H,49,57)(H,61,62,63)/t38-,40-,41-,42-,43+,44-,45-/m1/s1. The molecule has 1 amide bonds. The average molecular weight is 965 g/mol. The van der Waals surface area contributed by atoms with Gasteiger partial charge in [-0.3, -0.25) is 9.35 Å². The molecule has 22 nitrogen and oxygen atoms in total. The van der Waals surface area contributed by atoms with Crippen LogP contribution in [0.5, 0.6) is 0 Å². The number of aliphatic hydroxyl groups excluding tert-OH is 3. The summed E-state index contributed by atoms with van der Waals surface area (Å²) in [5.41, 5.74) is 2.94. The maximum Gasteiger partial charge on any atom is 0.295 e. The minimum Gasteiger partial charge on any atom is -0.394 e. The number of anilines is 3. The fraction of sp³-hybridized carbons (Fsp3) is 0.444. The summed E-state index contributed by atoms with van der Waals surface area (Å²) < 4.78 is 58.9. The number of carbonyl (C=O) groups excluding carboxylic acids is 1. The molecule has 23 heteroatoms. The van der Waals surface area contributed by atoms with Gasteiger partial charge in [0.25, 0.3) is 10.1 Å². The number of benzene rings is 4. The van der Waals surface area contributed by atoms with Gasteiger partial charge in [0.1, 0.15) is 40.5 Å². The molecule has 1 aromatic heterocycles. The van der Waals surface area contributed by atoms with Gasteiger partial charge in [0.2, 0.25) is 5.91 Å². The molecule has 0 radical (unpaired) electrons. The van der Waals surface area contributed by atoms with Crippen molar-refractivity contribution in [2.24, 2.45) is 10.2 Å². The van der Waals surface area contributed by atoms with Crippen LogP contribution < -0.4 is 26.2 Å². The molecular weight excluding hydrogens is 905 g/mol. The molecule has 0 aliphatic carbocycles. The summed E-state index contributed by atoms with van der Waals surface area (Å²) in [6.45, 7) is 3.48. The van der Waals surface area contributed by atoms with E-state index in [0.717, 1.165) is 17.1 Å². The first-order chi connectivity index (χ1) is 32.5. The SMILES string of the molecule is CC(=O)N[C@H]1[C@H](O[C@@H](OCCOCCn2cc(CNc3ccc(N=Nc4ccc(N(C)C)cc4)cc3)nn2)[C@](C)(O)CNCCNc2cccc3c(S(=O)(=O)O)cccc23)O[C@H](CO)[C@@H](O)[C@@H]1O. The lowest BCUT2D eigenvalue weighted by Gasteiger charge is -2.44. The summed E-state index contributed by atoms with van der Waals surface area (Å²) >= 11 is 0. The van der Waals surface area contributed by atoms with E-state index in [4.69, 9.17) is 18.9 Å². The Hall–Kier alpha value is -5.70. The third-order valence-corrected chi connectivity index (χ3v) is 11.7. The van der Waals surface area contributed by atoms with Crippen LogP contribution in [0.3, 0.4) is 0 Å². The van der Waals surface area contributed by atoms with Gasteiger partial charge < -0.3 is 65.5 Å². The van der Waals surface area contributed by atoms with Crippen molar-refractivity contribution in [1.82, 2.24) is 25.6 Å². The predicted octanol–water partition coefficient (Wildman–Crippen LogP) is 2.54. The van der Waals surface area contributed by atoms with E-state index in [2.05, 4.69) is 41.8 Å². The number of hydrogen-bond acceptors (Lipinski definition) is 19. The van der Waals surface area contributed by atoms with E-state index in [1.807, 2.05) is 67.5 Å². The van der Waals surface area contributed by atoms with Crippen molar-refractivity contribution in [1.29, 1.82) is 0 Å². The zero-order chi connectivity index (χ0) is 48.8. The highest BCUT2D eigenvalue weighted by Gasteiger charge is 2.48. The number of rotatable bonds is 25. The molecule has 368 valence electrons. The van der Waals surface area contributed by atoms with E-state index in [-0.39, 0.29) is 31.3 Å². The van der Waals surface area contributed by atoms with Crippen LogP contribution >= 0.6 is 0 Å². The summed E-state index contributed by atoms with van der Waals surface area (Å²) in [6.07, 6.45) is -5.58. The molecule has 0 unspecified atom stereocenters. The van der Waals surface area contributed by atoms with Crippen LogP contribution in [-0.2, 0) is 46.9 Å². The van der Waals surface area contributed by atoms with E-state index < -0.39 is 65.2 Å². The molecule has 4 aromatic carbocycles. The third-order valence-electron chi connectivity index (χ3n) is 10.8. The Morgan fingerprint density at radius 3 is 2.29 bits per heavy atom. The maximum atomic E-state index is 12.1. The lowest BCUT2D eigenvalue weighted by Crippen LogP contribution is -2.66. The molecule has 1 fully saturated rings. The van der Waals surface area contributed by atoms with Crippen LogP contribution in [0.25, 0.3) is 10.8 Å². The number of aliphatic hydroxyl groups is 4. The molecular formula is C45H60N10O12S. The lowest BCUT2D eigenvalue weighted by molar-refractivity contribution is -0.340. The Morgan fingerprint density at radius 2 is 1.62 bits per heavy atom. The minimum atomic E-state index is -4.45. The normalized spacial score (nSPS) is 20.0. The first-order valence-electron chi connectivity index (χ1n) is 21.8. The smallest absolute Gasteiger partial charge is 0.295 e. The molecule has 0 bridgehead atoms. The Balaban J connectivity index is 0.987. The molecule has 5 aromatic rings. The number of hydrogen-bond donors (Lipinski definition) is 9. The second-order valence-electron chi connectivity index (χ2n) is 16.5. The fourth-order valence-electron chi connectivity index (χ4n) is 7.22. The van der Waals surface area contributed by atoms with E-state index in [9.17, 15) is 38.2 Å². The number of nitrogens with zero attached hydrogens (tertiary/aromatic N) is 6. The van der Waals surface area contributed by atoms with Crippen LogP contribution in [0.4, 0.5) is 28.4 Å². The molecule has 68 heavy (non-hydrogen) atoms. The molecule has 7 atom stereocenters. The van der Waals surface area contributed by atoms with Crippen LogP contribution in [0, 0.1) is 0 Å². The monoisotopic (exact) mass is 964 g/mol. The van der Waals surface area contributed by atoms with Gasteiger partial charge in [0.05, 0.1) is 57.1 Å². The Bertz CT molecular complexity index is 2530. The van der Waals surface area contributed by atoms with Gasteiger partial charge in [-0.1, -0.05) is 29.5 Å². The lowest BCUT2D eigenvalue weighted by atomic mass is 9.96. The summed E-state index contributed by atoms with van der Waals surface area (Å²) in [5, 5.41) is 73.2. The molecule has 0 saturated carbocycles. The van der Waals surface area contributed by atoms with Gasteiger partial charge in [-0.25, -0.2) is 4.68 Å². The summed E-state index contributed by atoms with van der Waals surface area (Å²) in [4.78, 5) is 13.9. The first kappa shape index (κ1) is 51.7. The molecule has 1 aliphatic heterocycles. The van der Waals surface area contributed by atoms with E-state index in [1.165, 1.54) is 26.0 Å². The van der Waals surface area contributed by atoms with E-state index in [1.54, 1.807) is 35.1 Å². The van der Waals surface area contributed by atoms with E-state index in [0.29, 0.717) is 54.0 Å². The highest BCUT2D eigenvalue weighted by molar-refractivity contribution is 7.86. The molecule has 2 heterocycles. The highest BCUT2D eigenvalue weighted by Crippen LogP contribution is 2.30. The zero-order valence-electron chi connectivity index (χ0n) is 38.2. The maximum absolute atomic E-state index is 12.1. The van der Waals surface area contributed by atoms with Crippen LogP contribution in [0.2, 0.25) is 0 Å². The molecule has 6 rings (SSSR count). The quantitative estimate of drug-likeness (QED) is 0.0176. The van der Waals surface area contributed by atoms with Crippen molar-refractivity contribution < 1.29 is 57.1 Å². The van der Waals surface area contributed by atoms with Crippen LogP contribution in [-0.4, -0.2) is 157 Å². The second-order valence-corrected chi connectivity index (χ2v) is 17.9. The van der Waals surface area contributed by atoms with Gasteiger partial charge in [-0.2, -0.15) is 18.6 Å². The minimum absolute atomic E-state index is 0.0558. The molecule has 1 saturated heterocycles. The summed E-state index contributed by atoms with van der Waals surface area (Å²) in [5.74, 6) is -0.559. The summed E-state index contributed by atoms with van der Waals surface area (Å²) in [6, 6.07) is 23.6. The van der Waals surface area contributed by atoms with Crippen molar-refractivity contribution >= 4 is 55.2 Å². The number of ether oxygens (including phenoxy) is 4. The predicted molar refractivity (Wildman–Crippen MR) is 251 cm³/mol. The van der Waals surface area contributed by atoms with Crippen molar-refractivity contribution in [3.8, 4) is 0 Å². The average Bonchev–Trinajstić information content (AvgIpc) is 3.77. The summed E-state index contributed by atoms with van der Waals surface area (Å²) in [7, 11) is -0.494. The van der Waals surface area contributed by atoms with Gasteiger partial charge in [-0.05, 0) is 67.6 Å². The Morgan fingerprint density at radius 1 is 0.926 bits per heavy atom. The zero-order valence-corrected chi connectivity index (χ0v) is 39.0. The van der Waals surface area contributed by atoms with Gasteiger partial charge in [0, 0.05) is 68.5 Å². The topological polar surface area (TPSA) is 296 Å². The number of aromatic nitrogens is 3. The number of fused-ring (bicyclic) bond motifs is 1. The van der Waals surface area contributed by atoms with Crippen LogP contribution in [0.15, 0.2) is 106 Å². The molecule has 9 N–H and O–H groups in total. The van der Waals surface area contributed by atoms with Gasteiger partial charge in [-0.15, -0.1) is 5.10 Å². The largest absolute Gasteiger partial charge is 0.394 e. The fourth-order valence-corrected chi connectivity index (χ4v) is 7.93. The van der Waals surface area contributed by atoms with Crippen molar-refractivity contribution in [2.75, 3.05) is 75.7 Å². The number of azo groups is 1. The third kappa shape index (κ3) is 14.4. The number of nitrogens with one attached hydrogen (secondary N) is 4.